The second kappa shape index (κ2) is 5.82. The van der Waals surface area contributed by atoms with E-state index in [1.807, 2.05) is 13.8 Å². The zero-order valence-electron chi connectivity index (χ0n) is 12.4. The SMILES string of the molecule is CCC1(CC)CC(Nc2nnc(C)c(C)n2)CCO1. The van der Waals surface area contributed by atoms with Crippen molar-refractivity contribution < 1.29 is 4.74 Å². The molecule has 5 nitrogen and oxygen atoms in total. The number of nitrogens with one attached hydrogen (secondary N) is 1. The van der Waals surface area contributed by atoms with E-state index < -0.39 is 0 Å². The molecule has 2 heterocycles. The molecule has 0 bridgehead atoms. The average molecular weight is 264 g/mol. The summed E-state index contributed by atoms with van der Waals surface area (Å²) in [7, 11) is 0. The summed E-state index contributed by atoms with van der Waals surface area (Å²) >= 11 is 0. The largest absolute Gasteiger partial charge is 0.375 e. The molecule has 1 aromatic rings. The van der Waals surface area contributed by atoms with Crippen LogP contribution in [0.25, 0.3) is 0 Å². The van der Waals surface area contributed by atoms with Crippen molar-refractivity contribution in [3.63, 3.8) is 0 Å². The average Bonchev–Trinajstić information content (AvgIpc) is 2.43. The van der Waals surface area contributed by atoms with Gasteiger partial charge in [0, 0.05) is 12.6 Å². The molecule has 1 aliphatic heterocycles. The Morgan fingerprint density at radius 2 is 1.95 bits per heavy atom. The smallest absolute Gasteiger partial charge is 0.243 e. The van der Waals surface area contributed by atoms with Crippen molar-refractivity contribution in [3.8, 4) is 0 Å². The van der Waals surface area contributed by atoms with Crippen LogP contribution in [0.2, 0.25) is 0 Å². The third-order valence-electron chi connectivity index (χ3n) is 4.21. The maximum absolute atomic E-state index is 5.98. The predicted molar refractivity (Wildman–Crippen MR) is 75.2 cm³/mol. The van der Waals surface area contributed by atoms with Crippen LogP contribution >= 0.6 is 0 Å². The van der Waals surface area contributed by atoms with E-state index in [0.717, 1.165) is 43.7 Å². The summed E-state index contributed by atoms with van der Waals surface area (Å²) in [4.78, 5) is 4.44. The molecule has 5 heteroatoms. The Hall–Kier alpha value is -1.23. The second-order valence-corrected chi connectivity index (χ2v) is 5.38. The van der Waals surface area contributed by atoms with Gasteiger partial charge in [-0.1, -0.05) is 13.8 Å². The molecule has 1 aromatic heterocycles. The highest BCUT2D eigenvalue weighted by Crippen LogP contribution is 2.32. The molecule has 1 unspecified atom stereocenters. The number of nitrogens with zero attached hydrogens (tertiary/aromatic N) is 3. The Morgan fingerprint density at radius 3 is 2.58 bits per heavy atom. The van der Waals surface area contributed by atoms with Gasteiger partial charge >= 0.3 is 0 Å². The van der Waals surface area contributed by atoms with E-state index >= 15 is 0 Å². The number of aromatic nitrogens is 3. The number of hydrogen-bond donors (Lipinski definition) is 1. The van der Waals surface area contributed by atoms with Gasteiger partial charge in [-0.2, -0.15) is 5.10 Å². The Labute approximate surface area is 115 Å². The van der Waals surface area contributed by atoms with Gasteiger partial charge in [0.2, 0.25) is 5.95 Å². The lowest BCUT2D eigenvalue weighted by Crippen LogP contribution is -2.43. The summed E-state index contributed by atoms with van der Waals surface area (Å²) in [5.74, 6) is 0.635. The van der Waals surface area contributed by atoms with Gasteiger partial charge in [-0.15, -0.1) is 5.10 Å². The maximum atomic E-state index is 5.98. The number of ether oxygens (including phenoxy) is 1. The van der Waals surface area contributed by atoms with E-state index in [0.29, 0.717) is 12.0 Å². The molecular weight excluding hydrogens is 240 g/mol. The Balaban J connectivity index is 2.04. The number of anilines is 1. The van der Waals surface area contributed by atoms with Crippen molar-refractivity contribution in [2.75, 3.05) is 11.9 Å². The minimum Gasteiger partial charge on any atom is -0.375 e. The van der Waals surface area contributed by atoms with Gasteiger partial charge in [-0.25, -0.2) is 4.98 Å². The molecule has 0 saturated carbocycles. The Kier molecular flexibility index (Phi) is 4.34. The summed E-state index contributed by atoms with van der Waals surface area (Å²) in [5.41, 5.74) is 1.83. The third kappa shape index (κ3) is 3.21. The fourth-order valence-electron chi connectivity index (χ4n) is 2.59. The molecule has 1 N–H and O–H groups in total. The molecule has 0 aromatic carbocycles. The van der Waals surface area contributed by atoms with Crippen molar-refractivity contribution in [2.45, 2.75) is 65.0 Å². The van der Waals surface area contributed by atoms with Crippen LogP contribution in [-0.2, 0) is 4.74 Å². The van der Waals surface area contributed by atoms with E-state index in [9.17, 15) is 0 Å². The molecule has 1 atom stereocenters. The van der Waals surface area contributed by atoms with Gasteiger partial charge < -0.3 is 10.1 Å². The first-order chi connectivity index (χ1) is 9.08. The van der Waals surface area contributed by atoms with Crippen LogP contribution < -0.4 is 5.32 Å². The van der Waals surface area contributed by atoms with E-state index in [1.165, 1.54) is 0 Å². The van der Waals surface area contributed by atoms with Crippen molar-refractivity contribution in [2.24, 2.45) is 0 Å². The summed E-state index contributed by atoms with van der Waals surface area (Å²) in [6, 6.07) is 0.373. The van der Waals surface area contributed by atoms with Gasteiger partial charge in [-0.3, -0.25) is 0 Å². The number of hydrogen-bond acceptors (Lipinski definition) is 5. The predicted octanol–water partition coefficient (Wildman–Crippen LogP) is 2.64. The third-order valence-corrected chi connectivity index (χ3v) is 4.21. The molecule has 2 rings (SSSR count). The number of rotatable bonds is 4. The first-order valence-corrected chi connectivity index (χ1v) is 7.17. The maximum Gasteiger partial charge on any atom is 0.243 e. The van der Waals surface area contributed by atoms with Gasteiger partial charge in [0.1, 0.15) is 0 Å². The van der Waals surface area contributed by atoms with E-state index in [-0.39, 0.29) is 5.60 Å². The lowest BCUT2D eigenvalue weighted by molar-refractivity contribution is -0.0865. The van der Waals surface area contributed by atoms with Crippen LogP contribution in [0.4, 0.5) is 5.95 Å². The Morgan fingerprint density at radius 1 is 1.21 bits per heavy atom. The van der Waals surface area contributed by atoms with Gasteiger partial charge in [-0.05, 0) is 39.5 Å². The number of aryl methyl sites for hydroxylation is 2. The van der Waals surface area contributed by atoms with Gasteiger partial charge in [0.15, 0.2) is 0 Å². The molecule has 19 heavy (non-hydrogen) atoms. The van der Waals surface area contributed by atoms with Crippen LogP contribution in [-0.4, -0.2) is 33.4 Å². The summed E-state index contributed by atoms with van der Waals surface area (Å²) < 4.78 is 5.98. The fraction of sp³-hybridized carbons (Fsp3) is 0.786. The molecule has 1 saturated heterocycles. The van der Waals surface area contributed by atoms with Crippen LogP contribution in [0.3, 0.4) is 0 Å². The molecule has 0 aliphatic carbocycles. The van der Waals surface area contributed by atoms with Crippen molar-refractivity contribution in [1.82, 2.24) is 15.2 Å². The quantitative estimate of drug-likeness (QED) is 0.906. The van der Waals surface area contributed by atoms with Crippen molar-refractivity contribution in [1.29, 1.82) is 0 Å². The van der Waals surface area contributed by atoms with Crippen molar-refractivity contribution in [3.05, 3.63) is 11.4 Å². The van der Waals surface area contributed by atoms with Gasteiger partial charge in [0.25, 0.3) is 0 Å². The van der Waals surface area contributed by atoms with E-state index in [4.69, 9.17) is 4.74 Å². The highest BCUT2D eigenvalue weighted by Gasteiger charge is 2.34. The molecule has 0 radical (unpaired) electrons. The zero-order chi connectivity index (χ0) is 13.9. The molecular formula is C14H24N4O. The molecule has 1 fully saturated rings. The summed E-state index contributed by atoms with van der Waals surface area (Å²) in [6.07, 6.45) is 4.11. The fourth-order valence-corrected chi connectivity index (χ4v) is 2.59. The zero-order valence-corrected chi connectivity index (χ0v) is 12.4. The first-order valence-electron chi connectivity index (χ1n) is 7.17. The molecule has 1 aliphatic rings. The minimum absolute atomic E-state index is 0.0170. The monoisotopic (exact) mass is 264 g/mol. The van der Waals surface area contributed by atoms with Crippen LogP contribution in [0.5, 0.6) is 0 Å². The normalized spacial score (nSPS) is 22.2. The van der Waals surface area contributed by atoms with Crippen LogP contribution in [0.15, 0.2) is 0 Å². The van der Waals surface area contributed by atoms with Gasteiger partial charge in [0.05, 0.1) is 17.0 Å². The summed E-state index contributed by atoms with van der Waals surface area (Å²) in [5, 5.41) is 11.6. The topological polar surface area (TPSA) is 59.9 Å². The van der Waals surface area contributed by atoms with Crippen molar-refractivity contribution >= 4 is 5.95 Å². The summed E-state index contributed by atoms with van der Waals surface area (Å²) in [6.45, 7) is 9.08. The molecule has 106 valence electrons. The lowest BCUT2D eigenvalue weighted by Gasteiger charge is -2.40. The highest BCUT2D eigenvalue weighted by atomic mass is 16.5. The van der Waals surface area contributed by atoms with E-state index in [1.54, 1.807) is 0 Å². The van der Waals surface area contributed by atoms with E-state index in [2.05, 4.69) is 34.3 Å². The second-order valence-electron chi connectivity index (χ2n) is 5.38. The standard InChI is InChI=1S/C14H24N4O/c1-5-14(6-2)9-12(7-8-19-14)16-13-15-10(3)11(4)17-18-13/h12H,5-9H2,1-4H3,(H,15,16,18). The lowest BCUT2D eigenvalue weighted by atomic mass is 9.86. The minimum atomic E-state index is 0.0170. The van der Waals surface area contributed by atoms with Crippen LogP contribution in [0.1, 0.15) is 50.9 Å². The van der Waals surface area contributed by atoms with Crippen LogP contribution in [0, 0.1) is 13.8 Å². The molecule has 0 amide bonds. The highest BCUT2D eigenvalue weighted by molar-refractivity contribution is 5.26. The Bertz CT molecular complexity index is 431. The molecule has 0 spiro atoms. The first kappa shape index (κ1) is 14.2.